The lowest BCUT2D eigenvalue weighted by atomic mass is 10.0. The molecule has 0 spiro atoms. The lowest BCUT2D eigenvalue weighted by Gasteiger charge is -2.27. The molecular formula is C14H21ClN2O2. The molecule has 0 aromatic carbocycles. The third-order valence-electron chi connectivity index (χ3n) is 3.38. The zero-order chi connectivity index (χ0) is 14.4. The van der Waals surface area contributed by atoms with Gasteiger partial charge in [-0.05, 0) is 18.9 Å². The van der Waals surface area contributed by atoms with Crippen LogP contribution in [0, 0.1) is 5.92 Å². The molecule has 106 valence electrons. The summed E-state index contributed by atoms with van der Waals surface area (Å²) in [4.78, 5) is 17.2. The highest BCUT2D eigenvalue weighted by atomic mass is 35.5. The van der Waals surface area contributed by atoms with Crippen LogP contribution in [-0.2, 0) is 0 Å². The van der Waals surface area contributed by atoms with Crippen molar-refractivity contribution in [1.29, 1.82) is 0 Å². The Morgan fingerprint density at radius 2 is 2.05 bits per heavy atom. The third kappa shape index (κ3) is 4.10. The zero-order valence-electron chi connectivity index (χ0n) is 11.7. The van der Waals surface area contributed by atoms with Crippen molar-refractivity contribution >= 4 is 23.4 Å². The lowest BCUT2D eigenvalue weighted by Crippen LogP contribution is -2.30. The van der Waals surface area contributed by atoms with E-state index in [4.69, 9.17) is 16.7 Å². The van der Waals surface area contributed by atoms with E-state index in [1.807, 2.05) is 6.92 Å². The summed E-state index contributed by atoms with van der Waals surface area (Å²) in [5.74, 6) is 0.252. The summed E-state index contributed by atoms with van der Waals surface area (Å²) in [5, 5.41) is 9.30. The van der Waals surface area contributed by atoms with E-state index in [-0.39, 0.29) is 5.56 Å². The van der Waals surface area contributed by atoms with Gasteiger partial charge in [0, 0.05) is 19.3 Å². The monoisotopic (exact) mass is 284 g/mol. The number of pyridine rings is 1. The summed E-state index contributed by atoms with van der Waals surface area (Å²) >= 11 is 6.15. The molecule has 4 nitrogen and oxygen atoms in total. The summed E-state index contributed by atoms with van der Waals surface area (Å²) in [6.07, 6.45) is 3.58. The molecular weight excluding hydrogens is 264 g/mol. The van der Waals surface area contributed by atoms with E-state index in [9.17, 15) is 4.79 Å². The molecule has 0 unspecified atom stereocenters. The fraction of sp³-hybridized carbons (Fsp3) is 0.571. The van der Waals surface area contributed by atoms with Gasteiger partial charge in [-0.1, -0.05) is 38.3 Å². The number of aromatic nitrogens is 1. The van der Waals surface area contributed by atoms with E-state index in [1.165, 1.54) is 12.3 Å². The molecule has 0 aliphatic rings. The third-order valence-corrected chi connectivity index (χ3v) is 3.66. The number of anilines is 1. The number of carboxylic acid groups (broad SMARTS) is 1. The Hall–Kier alpha value is -1.29. The first kappa shape index (κ1) is 15.8. The Balaban J connectivity index is 2.95. The number of aromatic carboxylic acids is 1. The molecule has 1 aromatic heterocycles. The summed E-state index contributed by atoms with van der Waals surface area (Å²) in [6, 6.07) is 1.46. The fourth-order valence-corrected chi connectivity index (χ4v) is 2.29. The van der Waals surface area contributed by atoms with Gasteiger partial charge >= 0.3 is 5.97 Å². The predicted octanol–water partition coefficient (Wildman–Crippen LogP) is 3.70. The van der Waals surface area contributed by atoms with Gasteiger partial charge in [0.05, 0.1) is 10.6 Å². The van der Waals surface area contributed by atoms with Crippen LogP contribution in [-0.4, -0.2) is 29.1 Å². The van der Waals surface area contributed by atoms with E-state index in [0.717, 1.165) is 25.9 Å². The van der Waals surface area contributed by atoms with Crippen molar-refractivity contribution in [3.63, 3.8) is 0 Å². The number of rotatable bonds is 7. The molecule has 0 aliphatic carbocycles. The second-order valence-electron chi connectivity index (χ2n) is 4.56. The summed E-state index contributed by atoms with van der Waals surface area (Å²) in [6.45, 7) is 8.08. The maximum absolute atomic E-state index is 10.9. The molecule has 1 heterocycles. The molecule has 0 atom stereocenters. The predicted molar refractivity (Wildman–Crippen MR) is 78.2 cm³/mol. The largest absolute Gasteiger partial charge is 0.478 e. The maximum atomic E-state index is 10.9. The molecule has 1 N–H and O–H groups in total. The minimum Gasteiger partial charge on any atom is -0.478 e. The molecule has 5 heteroatoms. The summed E-state index contributed by atoms with van der Waals surface area (Å²) in [5.41, 5.74) is 0.118. The van der Waals surface area contributed by atoms with Crippen molar-refractivity contribution in [3.8, 4) is 0 Å². The summed E-state index contributed by atoms with van der Waals surface area (Å²) in [7, 11) is 0. The molecule has 0 saturated carbocycles. The highest BCUT2D eigenvalue weighted by Gasteiger charge is 2.16. The SMILES string of the molecule is CCC(CC)CN(CC)c1ncc(C(=O)O)cc1Cl. The minimum atomic E-state index is -1.01. The Bertz CT molecular complexity index is 433. The Morgan fingerprint density at radius 3 is 2.47 bits per heavy atom. The summed E-state index contributed by atoms with van der Waals surface area (Å²) < 4.78 is 0. The molecule has 0 fully saturated rings. The van der Waals surface area contributed by atoms with Gasteiger partial charge in [0.2, 0.25) is 0 Å². The first-order chi connectivity index (χ1) is 9.03. The van der Waals surface area contributed by atoms with Crippen molar-refractivity contribution in [1.82, 2.24) is 4.98 Å². The number of hydrogen-bond donors (Lipinski definition) is 1. The minimum absolute atomic E-state index is 0.118. The average molecular weight is 285 g/mol. The molecule has 0 radical (unpaired) electrons. The van der Waals surface area contributed by atoms with Gasteiger partial charge in [0.1, 0.15) is 5.82 Å². The normalized spacial score (nSPS) is 10.8. The van der Waals surface area contributed by atoms with Crippen LogP contribution in [0.2, 0.25) is 5.02 Å². The molecule has 0 amide bonds. The van der Waals surface area contributed by atoms with E-state index >= 15 is 0 Å². The average Bonchev–Trinajstić information content (AvgIpc) is 2.41. The standard InChI is InChI=1S/C14H21ClN2O2/c1-4-10(5-2)9-17(6-3)13-12(15)7-11(8-16-13)14(18)19/h7-8,10H,4-6,9H2,1-3H3,(H,18,19). The molecule has 1 rings (SSSR count). The molecule has 0 bridgehead atoms. The Labute approximate surface area is 119 Å². The topological polar surface area (TPSA) is 53.4 Å². The smallest absolute Gasteiger partial charge is 0.337 e. The van der Waals surface area contributed by atoms with Gasteiger partial charge in [-0.15, -0.1) is 0 Å². The number of hydrogen-bond acceptors (Lipinski definition) is 3. The number of carboxylic acids is 1. The van der Waals surface area contributed by atoms with Crippen LogP contribution < -0.4 is 4.90 Å². The van der Waals surface area contributed by atoms with Gasteiger partial charge in [-0.3, -0.25) is 0 Å². The first-order valence-electron chi connectivity index (χ1n) is 6.67. The van der Waals surface area contributed by atoms with Crippen LogP contribution in [0.1, 0.15) is 44.0 Å². The Morgan fingerprint density at radius 1 is 1.42 bits per heavy atom. The van der Waals surface area contributed by atoms with E-state index < -0.39 is 5.97 Å². The molecule has 0 aliphatic heterocycles. The highest BCUT2D eigenvalue weighted by molar-refractivity contribution is 6.33. The fourth-order valence-electron chi connectivity index (χ4n) is 2.00. The van der Waals surface area contributed by atoms with Crippen molar-refractivity contribution in [2.24, 2.45) is 5.92 Å². The molecule has 1 aromatic rings. The van der Waals surface area contributed by atoms with E-state index in [1.54, 1.807) is 0 Å². The van der Waals surface area contributed by atoms with E-state index in [0.29, 0.717) is 16.8 Å². The maximum Gasteiger partial charge on any atom is 0.337 e. The lowest BCUT2D eigenvalue weighted by molar-refractivity contribution is 0.0696. The van der Waals surface area contributed by atoms with Crippen LogP contribution in [0.25, 0.3) is 0 Å². The van der Waals surface area contributed by atoms with Gasteiger partial charge in [-0.2, -0.15) is 0 Å². The quantitative estimate of drug-likeness (QED) is 0.829. The zero-order valence-corrected chi connectivity index (χ0v) is 12.4. The van der Waals surface area contributed by atoms with Crippen molar-refractivity contribution in [2.45, 2.75) is 33.6 Å². The number of nitrogens with zero attached hydrogens (tertiary/aromatic N) is 2. The van der Waals surface area contributed by atoms with Gasteiger partial charge in [0.15, 0.2) is 0 Å². The van der Waals surface area contributed by atoms with Crippen LogP contribution in [0.15, 0.2) is 12.3 Å². The van der Waals surface area contributed by atoms with Crippen LogP contribution in [0.5, 0.6) is 0 Å². The van der Waals surface area contributed by atoms with Crippen LogP contribution in [0.3, 0.4) is 0 Å². The number of carbonyl (C=O) groups is 1. The van der Waals surface area contributed by atoms with Gasteiger partial charge in [0.25, 0.3) is 0 Å². The van der Waals surface area contributed by atoms with Crippen molar-refractivity contribution < 1.29 is 9.90 Å². The van der Waals surface area contributed by atoms with E-state index in [2.05, 4.69) is 23.7 Å². The van der Waals surface area contributed by atoms with Crippen LogP contribution >= 0.6 is 11.6 Å². The second-order valence-corrected chi connectivity index (χ2v) is 4.96. The Kier molecular flexibility index (Phi) is 6.09. The van der Waals surface area contributed by atoms with Crippen molar-refractivity contribution in [2.75, 3.05) is 18.0 Å². The van der Waals surface area contributed by atoms with Gasteiger partial charge < -0.3 is 10.0 Å². The van der Waals surface area contributed by atoms with Gasteiger partial charge in [-0.25, -0.2) is 9.78 Å². The molecule has 0 saturated heterocycles. The van der Waals surface area contributed by atoms with Crippen LogP contribution in [0.4, 0.5) is 5.82 Å². The first-order valence-corrected chi connectivity index (χ1v) is 7.04. The number of halogens is 1. The molecule has 19 heavy (non-hydrogen) atoms. The highest BCUT2D eigenvalue weighted by Crippen LogP contribution is 2.25. The van der Waals surface area contributed by atoms with Crippen molar-refractivity contribution in [3.05, 3.63) is 22.8 Å². The second kappa shape index (κ2) is 7.34.